The molecule has 1 aromatic rings. The van der Waals surface area contributed by atoms with E-state index in [0.29, 0.717) is 6.04 Å². The lowest BCUT2D eigenvalue weighted by Crippen LogP contribution is -2.43. The van der Waals surface area contributed by atoms with Crippen molar-refractivity contribution in [2.45, 2.75) is 25.3 Å². The summed E-state index contributed by atoms with van der Waals surface area (Å²) in [5.74, 6) is 0. The fourth-order valence-electron chi connectivity index (χ4n) is 2.38. The fourth-order valence-corrected chi connectivity index (χ4v) is 2.38. The lowest BCUT2D eigenvalue weighted by molar-refractivity contribution is 0.189. The standard InChI is InChI=1S/C13H21N3/c1-15-9-4-3-6-13(15)11-16(2)12-7-5-8-14-10-12/h5,7-8,10,13H,3-4,6,9,11H2,1-2H3/t13-/m1/s1. The molecule has 16 heavy (non-hydrogen) atoms. The number of nitrogens with zero attached hydrogens (tertiary/aromatic N) is 3. The predicted octanol–water partition coefficient (Wildman–Crippen LogP) is 2.00. The van der Waals surface area contributed by atoms with E-state index in [1.807, 2.05) is 18.5 Å². The highest BCUT2D eigenvalue weighted by molar-refractivity contribution is 5.42. The average molecular weight is 219 g/mol. The number of rotatable bonds is 3. The van der Waals surface area contributed by atoms with Gasteiger partial charge in [0.05, 0.1) is 11.9 Å². The van der Waals surface area contributed by atoms with Gasteiger partial charge in [-0.1, -0.05) is 6.42 Å². The molecule has 0 aromatic carbocycles. The Morgan fingerprint density at radius 2 is 2.38 bits per heavy atom. The number of aromatic nitrogens is 1. The molecular formula is C13H21N3. The zero-order valence-electron chi connectivity index (χ0n) is 10.3. The van der Waals surface area contributed by atoms with Gasteiger partial charge < -0.3 is 9.80 Å². The first-order chi connectivity index (χ1) is 7.77. The van der Waals surface area contributed by atoms with Crippen molar-refractivity contribution >= 4 is 5.69 Å². The highest BCUT2D eigenvalue weighted by Gasteiger charge is 2.20. The Morgan fingerprint density at radius 3 is 3.06 bits per heavy atom. The zero-order chi connectivity index (χ0) is 11.4. The normalized spacial score (nSPS) is 22.0. The minimum atomic E-state index is 0.693. The summed E-state index contributed by atoms with van der Waals surface area (Å²) in [6.07, 6.45) is 7.80. The molecule has 0 unspecified atom stereocenters. The van der Waals surface area contributed by atoms with E-state index >= 15 is 0 Å². The zero-order valence-corrected chi connectivity index (χ0v) is 10.3. The number of piperidine rings is 1. The van der Waals surface area contributed by atoms with Gasteiger partial charge in [-0.2, -0.15) is 0 Å². The van der Waals surface area contributed by atoms with Crippen molar-refractivity contribution in [1.29, 1.82) is 0 Å². The molecule has 3 nitrogen and oxygen atoms in total. The number of hydrogen-bond donors (Lipinski definition) is 0. The summed E-state index contributed by atoms with van der Waals surface area (Å²) in [6, 6.07) is 4.81. The summed E-state index contributed by atoms with van der Waals surface area (Å²) in [7, 11) is 4.39. The van der Waals surface area contributed by atoms with Gasteiger partial charge in [0.1, 0.15) is 0 Å². The van der Waals surface area contributed by atoms with Crippen LogP contribution in [0.4, 0.5) is 5.69 Å². The molecular weight excluding hydrogens is 198 g/mol. The van der Waals surface area contributed by atoms with E-state index in [1.54, 1.807) is 0 Å². The lowest BCUT2D eigenvalue weighted by atomic mass is 10.0. The Hall–Kier alpha value is -1.09. The van der Waals surface area contributed by atoms with Crippen molar-refractivity contribution in [3.05, 3.63) is 24.5 Å². The minimum Gasteiger partial charge on any atom is -0.372 e. The summed E-state index contributed by atoms with van der Waals surface area (Å²) in [5, 5.41) is 0. The van der Waals surface area contributed by atoms with Crippen LogP contribution in [-0.4, -0.2) is 43.1 Å². The van der Waals surface area contributed by atoms with Gasteiger partial charge >= 0.3 is 0 Å². The van der Waals surface area contributed by atoms with Crippen LogP contribution < -0.4 is 4.90 Å². The van der Waals surface area contributed by atoms with Crippen LogP contribution in [0.2, 0.25) is 0 Å². The van der Waals surface area contributed by atoms with E-state index in [2.05, 4.69) is 34.9 Å². The molecule has 1 saturated heterocycles. The van der Waals surface area contributed by atoms with Crippen LogP contribution in [0.5, 0.6) is 0 Å². The Bertz CT molecular complexity index is 312. The molecule has 0 bridgehead atoms. The van der Waals surface area contributed by atoms with Crippen molar-refractivity contribution in [3.63, 3.8) is 0 Å². The van der Waals surface area contributed by atoms with Crippen LogP contribution >= 0.6 is 0 Å². The summed E-state index contributed by atoms with van der Waals surface area (Å²) >= 11 is 0. The Labute approximate surface area is 98.1 Å². The molecule has 0 amide bonds. The Kier molecular flexibility index (Phi) is 3.78. The second-order valence-corrected chi connectivity index (χ2v) is 4.72. The van der Waals surface area contributed by atoms with Crippen LogP contribution in [0, 0.1) is 0 Å². The van der Waals surface area contributed by atoms with Gasteiger partial charge in [-0.25, -0.2) is 0 Å². The molecule has 0 radical (unpaired) electrons. The highest BCUT2D eigenvalue weighted by atomic mass is 15.2. The highest BCUT2D eigenvalue weighted by Crippen LogP contribution is 2.18. The van der Waals surface area contributed by atoms with Crippen molar-refractivity contribution in [1.82, 2.24) is 9.88 Å². The van der Waals surface area contributed by atoms with Crippen LogP contribution in [-0.2, 0) is 0 Å². The van der Waals surface area contributed by atoms with Gasteiger partial charge in [-0.05, 0) is 38.6 Å². The van der Waals surface area contributed by atoms with Gasteiger partial charge in [0.2, 0.25) is 0 Å². The van der Waals surface area contributed by atoms with E-state index in [0.717, 1.165) is 6.54 Å². The van der Waals surface area contributed by atoms with E-state index in [-0.39, 0.29) is 0 Å². The number of anilines is 1. The molecule has 1 aliphatic heterocycles. The third-order valence-electron chi connectivity index (χ3n) is 3.49. The summed E-state index contributed by atoms with van der Waals surface area (Å²) in [4.78, 5) is 8.95. The van der Waals surface area contributed by atoms with E-state index < -0.39 is 0 Å². The molecule has 3 heteroatoms. The third kappa shape index (κ3) is 2.73. The Morgan fingerprint density at radius 1 is 1.50 bits per heavy atom. The fraction of sp³-hybridized carbons (Fsp3) is 0.615. The topological polar surface area (TPSA) is 19.4 Å². The molecule has 0 spiro atoms. The summed E-state index contributed by atoms with van der Waals surface area (Å²) in [6.45, 7) is 2.34. The molecule has 0 aliphatic carbocycles. The maximum Gasteiger partial charge on any atom is 0.0550 e. The minimum absolute atomic E-state index is 0.693. The molecule has 1 aromatic heterocycles. The largest absolute Gasteiger partial charge is 0.372 e. The number of likely N-dealkylation sites (tertiary alicyclic amines) is 1. The average Bonchev–Trinajstić information content (AvgIpc) is 2.33. The van der Waals surface area contributed by atoms with Crippen LogP contribution in [0.1, 0.15) is 19.3 Å². The third-order valence-corrected chi connectivity index (χ3v) is 3.49. The maximum absolute atomic E-state index is 4.16. The molecule has 2 rings (SSSR count). The van der Waals surface area contributed by atoms with Gasteiger partial charge in [0, 0.05) is 25.8 Å². The van der Waals surface area contributed by atoms with Gasteiger partial charge in [-0.15, -0.1) is 0 Å². The molecule has 1 aliphatic rings. The van der Waals surface area contributed by atoms with Crippen molar-refractivity contribution in [3.8, 4) is 0 Å². The van der Waals surface area contributed by atoms with Crippen molar-refractivity contribution < 1.29 is 0 Å². The second-order valence-electron chi connectivity index (χ2n) is 4.72. The van der Waals surface area contributed by atoms with Gasteiger partial charge in [-0.3, -0.25) is 4.98 Å². The first-order valence-electron chi connectivity index (χ1n) is 6.09. The second kappa shape index (κ2) is 5.30. The SMILES string of the molecule is CN(C[C@H]1CCCCN1C)c1cccnc1. The summed E-state index contributed by atoms with van der Waals surface area (Å²) in [5.41, 5.74) is 1.21. The number of likely N-dealkylation sites (N-methyl/N-ethyl adjacent to an activating group) is 2. The van der Waals surface area contributed by atoms with E-state index in [4.69, 9.17) is 0 Å². The first-order valence-corrected chi connectivity index (χ1v) is 6.09. The van der Waals surface area contributed by atoms with Crippen LogP contribution in [0.25, 0.3) is 0 Å². The quantitative estimate of drug-likeness (QED) is 0.775. The first kappa shape index (κ1) is 11.4. The molecule has 0 N–H and O–H groups in total. The summed E-state index contributed by atoms with van der Waals surface area (Å²) < 4.78 is 0. The number of hydrogen-bond acceptors (Lipinski definition) is 3. The maximum atomic E-state index is 4.16. The van der Waals surface area contributed by atoms with Crippen LogP contribution in [0.15, 0.2) is 24.5 Å². The lowest BCUT2D eigenvalue weighted by Gasteiger charge is -2.35. The van der Waals surface area contributed by atoms with Crippen molar-refractivity contribution in [2.75, 3.05) is 32.1 Å². The van der Waals surface area contributed by atoms with Gasteiger partial charge in [0.15, 0.2) is 0 Å². The monoisotopic (exact) mass is 219 g/mol. The van der Waals surface area contributed by atoms with E-state index in [9.17, 15) is 0 Å². The molecule has 88 valence electrons. The molecule has 0 saturated carbocycles. The van der Waals surface area contributed by atoms with Gasteiger partial charge in [0.25, 0.3) is 0 Å². The van der Waals surface area contributed by atoms with Crippen LogP contribution in [0.3, 0.4) is 0 Å². The molecule has 1 atom stereocenters. The Balaban J connectivity index is 1.94. The number of pyridine rings is 1. The van der Waals surface area contributed by atoms with Crippen molar-refractivity contribution in [2.24, 2.45) is 0 Å². The smallest absolute Gasteiger partial charge is 0.0550 e. The van der Waals surface area contributed by atoms with E-state index in [1.165, 1.54) is 31.5 Å². The molecule has 2 heterocycles. The molecule has 1 fully saturated rings. The predicted molar refractivity (Wildman–Crippen MR) is 67.8 cm³/mol.